The van der Waals surface area contributed by atoms with Crippen LogP contribution in [0.5, 0.6) is 5.75 Å². The highest BCUT2D eigenvalue weighted by molar-refractivity contribution is 5.31. The van der Waals surface area contributed by atoms with Crippen molar-refractivity contribution < 1.29 is 22.3 Å². The lowest BCUT2D eigenvalue weighted by atomic mass is 10.1. The molecule has 0 aliphatic carbocycles. The van der Waals surface area contributed by atoms with E-state index in [-0.39, 0.29) is 24.5 Å². The lowest BCUT2D eigenvalue weighted by molar-refractivity contribution is -0.137. The van der Waals surface area contributed by atoms with Gasteiger partial charge in [-0.1, -0.05) is 18.2 Å². The zero-order valence-electron chi connectivity index (χ0n) is 11.0. The first-order valence-electron chi connectivity index (χ1n) is 6.17. The molecule has 0 atom stereocenters. The molecular formula is C15H13F4NO. The predicted octanol–water partition coefficient (Wildman–Crippen LogP) is 3.88. The minimum Gasteiger partial charge on any atom is -0.489 e. The Morgan fingerprint density at radius 2 is 1.81 bits per heavy atom. The Bertz CT molecular complexity index is 625. The Hall–Kier alpha value is -2.08. The normalized spacial score (nSPS) is 11.5. The molecule has 0 heterocycles. The maximum atomic E-state index is 13.7. The first kappa shape index (κ1) is 15.3. The molecule has 0 radical (unpaired) electrons. The average Bonchev–Trinajstić information content (AvgIpc) is 2.45. The molecule has 0 saturated carbocycles. The molecular weight excluding hydrogens is 286 g/mol. The molecule has 2 nitrogen and oxygen atoms in total. The van der Waals surface area contributed by atoms with E-state index in [4.69, 9.17) is 10.5 Å². The van der Waals surface area contributed by atoms with Gasteiger partial charge in [-0.05, 0) is 29.8 Å². The van der Waals surface area contributed by atoms with Gasteiger partial charge in [0.15, 0.2) is 0 Å². The molecule has 0 bridgehead atoms. The van der Waals surface area contributed by atoms with Gasteiger partial charge < -0.3 is 10.5 Å². The van der Waals surface area contributed by atoms with Crippen LogP contribution in [0.2, 0.25) is 0 Å². The third-order valence-electron chi connectivity index (χ3n) is 2.91. The summed E-state index contributed by atoms with van der Waals surface area (Å²) < 4.78 is 56.6. The molecule has 2 aromatic rings. The number of alkyl halides is 3. The number of ether oxygens (including phenoxy) is 1. The standard InChI is InChI=1S/C15H13F4NO/c16-14-6-10(8-20)4-5-11(14)9-21-13-3-1-2-12(7-13)15(17,18)19/h1-7H,8-9,20H2. The van der Waals surface area contributed by atoms with Crippen LogP contribution < -0.4 is 10.5 Å². The second-order valence-electron chi connectivity index (χ2n) is 4.44. The highest BCUT2D eigenvalue weighted by atomic mass is 19.4. The van der Waals surface area contributed by atoms with Gasteiger partial charge in [0.05, 0.1) is 5.56 Å². The van der Waals surface area contributed by atoms with E-state index >= 15 is 0 Å². The van der Waals surface area contributed by atoms with Crippen molar-refractivity contribution in [1.29, 1.82) is 0 Å². The zero-order valence-corrected chi connectivity index (χ0v) is 11.0. The molecule has 2 rings (SSSR count). The summed E-state index contributed by atoms with van der Waals surface area (Å²) >= 11 is 0. The van der Waals surface area contributed by atoms with Crippen molar-refractivity contribution in [2.45, 2.75) is 19.3 Å². The van der Waals surface area contributed by atoms with Gasteiger partial charge in [0, 0.05) is 12.1 Å². The van der Waals surface area contributed by atoms with Crippen molar-refractivity contribution in [3.05, 3.63) is 65.0 Å². The Morgan fingerprint density at radius 1 is 1.05 bits per heavy atom. The Balaban J connectivity index is 2.10. The van der Waals surface area contributed by atoms with E-state index in [1.807, 2.05) is 0 Å². The summed E-state index contributed by atoms with van der Waals surface area (Å²) in [6.07, 6.45) is -4.44. The van der Waals surface area contributed by atoms with Gasteiger partial charge in [-0.15, -0.1) is 0 Å². The number of benzene rings is 2. The Morgan fingerprint density at radius 3 is 2.43 bits per heavy atom. The van der Waals surface area contributed by atoms with Gasteiger partial charge in [-0.2, -0.15) is 13.2 Å². The lowest BCUT2D eigenvalue weighted by Gasteiger charge is -2.11. The number of rotatable bonds is 4. The van der Waals surface area contributed by atoms with Crippen LogP contribution in [-0.2, 0) is 19.3 Å². The molecule has 0 spiro atoms. The second-order valence-corrected chi connectivity index (χ2v) is 4.44. The van der Waals surface area contributed by atoms with Crippen LogP contribution >= 0.6 is 0 Å². The maximum Gasteiger partial charge on any atom is 0.416 e. The van der Waals surface area contributed by atoms with Crippen LogP contribution in [0.1, 0.15) is 16.7 Å². The number of nitrogens with two attached hydrogens (primary N) is 1. The Labute approximate surface area is 119 Å². The molecule has 0 aliphatic heterocycles. The van der Waals surface area contributed by atoms with E-state index in [1.165, 1.54) is 24.3 Å². The van der Waals surface area contributed by atoms with Crippen molar-refractivity contribution in [3.8, 4) is 5.75 Å². The van der Waals surface area contributed by atoms with Crippen molar-refractivity contribution in [3.63, 3.8) is 0 Å². The monoisotopic (exact) mass is 299 g/mol. The number of halogens is 4. The lowest BCUT2D eigenvalue weighted by Crippen LogP contribution is -2.06. The van der Waals surface area contributed by atoms with E-state index in [1.54, 1.807) is 6.07 Å². The fraction of sp³-hybridized carbons (Fsp3) is 0.200. The van der Waals surface area contributed by atoms with E-state index in [9.17, 15) is 17.6 Å². The van der Waals surface area contributed by atoms with Crippen LogP contribution in [0, 0.1) is 5.82 Å². The van der Waals surface area contributed by atoms with E-state index in [0.29, 0.717) is 5.56 Å². The first-order valence-corrected chi connectivity index (χ1v) is 6.17. The molecule has 2 aromatic carbocycles. The summed E-state index contributed by atoms with van der Waals surface area (Å²) in [4.78, 5) is 0. The van der Waals surface area contributed by atoms with Crippen molar-refractivity contribution in [2.75, 3.05) is 0 Å². The Kier molecular flexibility index (Phi) is 4.47. The molecule has 6 heteroatoms. The minimum atomic E-state index is -4.44. The summed E-state index contributed by atoms with van der Waals surface area (Å²) in [6.45, 7) is 0.0592. The third-order valence-corrected chi connectivity index (χ3v) is 2.91. The van der Waals surface area contributed by atoms with Crippen LogP contribution in [0.3, 0.4) is 0 Å². The van der Waals surface area contributed by atoms with Crippen LogP contribution in [0.25, 0.3) is 0 Å². The molecule has 21 heavy (non-hydrogen) atoms. The SMILES string of the molecule is NCc1ccc(COc2cccc(C(F)(F)F)c2)c(F)c1. The van der Waals surface area contributed by atoms with Crippen molar-refractivity contribution in [1.82, 2.24) is 0 Å². The van der Waals surface area contributed by atoms with Gasteiger partial charge in [-0.25, -0.2) is 4.39 Å². The summed E-state index contributed by atoms with van der Waals surface area (Å²) in [6, 6.07) is 8.90. The zero-order chi connectivity index (χ0) is 15.5. The highest BCUT2D eigenvalue weighted by Crippen LogP contribution is 2.31. The third kappa shape index (κ3) is 3.95. The largest absolute Gasteiger partial charge is 0.489 e. The summed E-state index contributed by atoms with van der Waals surface area (Å²) in [5.74, 6) is -0.461. The van der Waals surface area contributed by atoms with E-state index < -0.39 is 17.6 Å². The summed E-state index contributed by atoms with van der Waals surface area (Å²) in [5.41, 5.74) is 5.47. The molecule has 2 N–H and O–H groups in total. The van der Waals surface area contributed by atoms with E-state index in [2.05, 4.69) is 0 Å². The summed E-state index contributed by atoms with van der Waals surface area (Å²) in [7, 11) is 0. The van der Waals surface area contributed by atoms with Gasteiger partial charge >= 0.3 is 6.18 Å². The van der Waals surface area contributed by atoms with Crippen LogP contribution in [-0.4, -0.2) is 0 Å². The molecule has 0 amide bonds. The summed E-state index contributed by atoms with van der Waals surface area (Å²) in [5, 5.41) is 0. The van der Waals surface area contributed by atoms with Gasteiger partial charge in [0.2, 0.25) is 0 Å². The smallest absolute Gasteiger partial charge is 0.416 e. The topological polar surface area (TPSA) is 35.2 Å². The quantitative estimate of drug-likeness (QED) is 0.870. The van der Waals surface area contributed by atoms with Gasteiger partial charge in [0.25, 0.3) is 0 Å². The molecule has 0 saturated heterocycles. The molecule has 0 fully saturated rings. The fourth-order valence-corrected chi connectivity index (χ4v) is 1.76. The van der Waals surface area contributed by atoms with Crippen LogP contribution in [0.4, 0.5) is 17.6 Å². The molecule has 0 unspecified atom stereocenters. The second kappa shape index (κ2) is 6.13. The van der Waals surface area contributed by atoms with Gasteiger partial charge in [0.1, 0.15) is 18.2 Å². The van der Waals surface area contributed by atoms with Gasteiger partial charge in [-0.3, -0.25) is 0 Å². The fourth-order valence-electron chi connectivity index (χ4n) is 1.76. The molecule has 0 aliphatic rings. The highest BCUT2D eigenvalue weighted by Gasteiger charge is 2.30. The minimum absolute atomic E-state index is 0.0344. The van der Waals surface area contributed by atoms with Crippen molar-refractivity contribution >= 4 is 0 Å². The molecule has 0 aromatic heterocycles. The predicted molar refractivity (Wildman–Crippen MR) is 70.1 cm³/mol. The maximum absolute atomic E-state index is 13.7. The number of hydrogen-bond donors (Lipinski definition) is 1. The first-order chi connectivity index (χ1) is 9.90. The van der Waals surface area contributed by atoms with Crippen molar-refractivity contribution in [2.24, 2.45) is 5.73 Å². The molecule has 112 valence electrons. The van der Waals surface area contributed by atoms with Crippen LogP contribution in [0.15, 0.2) is 42.5 Å². The van der Waals surface area contributed by atoms with E-state index in [0.717, 1.165) is 12.1 Å². The average molecular weight is 299 g/mol. The number of hydrogen-bond acceptors (Lipinski definition) is 2.